The van der Waals surface area contributed by atoms with Crippen LogP contribution in [0.1, 0.15) is 0 Å². The lowest BCUT2D eigenvalue weighted by molar-refractivity contribution is -0.793. The van der Waals surface area contributed by atoms with Crippen LogP contribution in [0.5, 0.6) is 0 Å². The van der Waals surface area contributed by atoms with Crippen molar-refractivity contribution >= 4 is 6.34 Å². The number of aliphatic imine (C=N–C) groups is 1. The van der Waals surface area contributed by atoms with Crippen LogP contribution in [0.15, 0.2) is 15.2 Å². The summed E-state index contributed by atoms with van der Waals surface area (Å²) in [5, 5.41) is 25.8. The van der Waals surface area contributed by atoms with Crippen LogP contribution in [-0.2, 0) is 0 Å². The molecule has 0 bridgehead atoms. The van der Waals surface area contributed by atoms with Gasteiger partial charge in [0.05, 0.1) is 0 Å². The summed E-state index contributed by atoms with van der Waals surface area (Å²) in [4.78, 5) is 20.6. The molecule has 9 nitrogen and oxygen atoms in total. The van der Waals surface area contributed by atoms with E-state index in [1.165, 1.54) is 0 Å². The van der Waals surface area contributed by atoms with Gasteiger partial charge in [-0.2, -0.15) is 0 Å². The van der Waals surface area contributed by atoms with Crippen LogP contribution in [0, 0.1) is 20.2 Å². The predicted molar refractivity (Wildman–Crippen MR) is 30.1 cm³/mol. The first-order valence-corrected chi connectivity index (χ1v) is 2.34. The standard InChI is InChI=1S/C2HN5O4/c8-6(9)2(7(10)11)3-1-4-5-2/h1H. The summed E-state index contributed by atoms with van der Waals surface area (Å²) in [6, 6.07) is 0. The lowest BCUT2D eigenvalue weighted by Gasteiger charge is -1.99. The van der Waals surface area contributed by atoms with Crippen LogP contribution < -0.4 is 0 Å². The molecular formula is C2HN5O4. The fourth-order valence-electron chi connectivity index (χ4n) is 0.466. The second kappa shape index (κ2) is 2.04. The summed E-state index contributed by atoms with van der Waals surface area (Å²) in [6.45, 7) is 0. The van der Waals surface area contributed by atoms with E-state index in [2.05, 4.69) is 15.2 Å². The molecule has 0 amide bonds. The number of azo groups is 1. The van der Waals surface area contributed by atoms with Gasteiger partial charge in [-0.3, -0.25) is 20.2 Å². The van der Waals surface area contributed by atoms with Crippen molar-refractivity contribution in [3.05, 3.63) is 20.2 Å². The topological polar surface area (TPSA) is 123 Å². The molecule has 1 aliphatic rings. The number of rotatable bonds is 2. The molecule has 11 heavy (non-hydrogen) atoms. The van der Waals surface area contributed by atoms with Gasteiger partial charge in [0, 0.05) is 0 Å². The van der Waals surface area contributed by atoms with Crippen LogP contribution in [0.25, 0.3) is 0 Å². The molecule has 0 aromatic rings. The van der Waals surface area contributed by atoms with E-state index in [1.54, 1.807) is 0 Å². The van der Waals surface area contributed by atoms with E-state index < -0.39 is 15.8 Å². The Morgan fingerprint density at radius 1 is 1.27 bits per heavy atom. The van der Waals surface area contributed by atoms with E-state index in [4.69, 9.17) is 0 Å². The third-order valence-electron chi connectivity index (χ3n) is 0.964. The van der Waals surface area contributed by atoms with Crippen molar-refractivity contribution in [2.75, 3.05) is 0 Å². The predicted octanol–water partition coefficient (Wildman–Crippen LogP) is -0.355. The minimum absolute atomic E-state index is 0.672. The summed E-state index contributed by atoms with van der Waals surface area (Å²) in [5.74, 6) is -2.83. The molecule has 0 aliphatic carbocycles. The molecule has 0 fully saturated rings. The molecular weight excluding hydrogens is 158 g/mol. The van der Waals surface area contributed by atoms with Crippen molar-refractivity contribution in [1.82, 2.24) is 0 Å². The second-order valence-corrected chi connectivity index (χ2v) is 1.57. The summed E-state index contributed by atoms with van der Waals surface area (Å²) in [6.07, 6.45) is 0.672. The molecule has 0 atom stereocenters. The minimum atomic E-state index is -2.83. The molecule has 1 rings (SSSR count). The van der Waals surface area contributed by atoms with Crippen LogP contribution in [-0.4, -0.2) is 22.1 Å². The van der Waals surface area contributed by atoms with Crippen molar-refractivity contribution in [2.45, 2.75) is 5.91 Å². The van der Waals surface area contributed by atoms with Crippen LogP contribution in [0.4, 0.5) is 0 Å². The van der Waals surface area contributed by atoms with Crippen molar-refractivity contribution in [3.8, 4) is 0 Å². The lowest BCUT2D eigenvalue weighted by atomic mass is 10.7. The van der Waals surface area contributed by atoms with E-state index in [-0.39, 0.29) is 0 Å². The van der Waals surface area contributed by atoms with Gasteiger partial charge < -0.3 is 0 Å². The summed E-state index contributed by atoms with van der Waals surface area (Å²) in [7, 11) is 0. The molecule has 0 saturated heterocycles. The van der Waals surface area contributed by atoms with E-state index in [1.807, 2.05) is 0 Å². The molecule has 9 heteroatoms. The molecule has 0 aromatic carbocycles. The number of nitro groups is 2. The van der Waals surface area contributed by atoms with Gasteiger partial charge in [0.1, 0.15) is 6.34 Å². The molecule has 1 heterocycles. The molecule has 1 aliphatic heterocycles. The monoisotopic (exact) mass is 159 g/mol. The highest BCUT2D eigenvalue weighted by atomic mass is 16.7. The maximum absolute atomic E-state index is 10.1. The first kappa shape index (κ1) is 7.18. The van der Waals surface area contributed by atoms with Gasteiger partial charge in [0.2, 0.25) is 0 Å². The van der Waals surface area contributed by atoms with Gasteiger partial charge in [0.15, 0.2) is 9.85 Å². The quantitative estimate of drug-likeness (QED) is 0.310. The van der Waals surface area contributed by atoms with E-state index in [9.17, 15) is 20.2 Å². The Labute approximate surface area is 58.7 Å². The number of hydrogen-bond donors (Lipinski definition) is 0. The van der Waals surface area contributed by atoms with Crippen LogP contribution in [0.3, 0.4) is 0 Å². The summed E-state index contributed by atoms with van der Waals surface area (Å²) < 4.78 is 0. The smallest absolute Gasteiger partial charge is 0.255 e. The Balaban J connectivity index is 3.09. The van der Waals surface area contributed by atoms with E-state index >= 15 is 0 Å². The highest BCUT2D eigenvalue weighted by Gasteiger charge is 2.60. The van der Waals surface area contributed by atoms with Gasteiger partial charge >= 0.3 is 5.91 Å². The number of hydrogen-bond acceptors (Lipinski definition) is 7. The lowest BCUT2D eigenvalue weighted by Crippen LogP contribution is -2.40. The second-order valence-electron chi connectivity index (χ2n) is 1.57. The Hall–Kier alpha value is -1.93. The Morgan fingerprint density at radius 3 is 2.00 bits per heavy atom. The summed E-state index contributed by atoms with van der Waals surface area (Å²) >= 11 is 0. The van der Waals surface area contributed by atoms with Gasteiger partial charge in [0.25, 0.3) is 0 Å². The van der Waals surface area contributed by atoms with Crippen molar-refractivity contribution < 1.29 is 9.85 Å². The Bertz CT molecular complexity index is 240. The zero-order valence-corrected chi connectivity index (χ0v) is 4.95. The summed E-state index contributed by atoms with van der Waals surface area (Å²) in [5.41, 5.74) is 0. The third-order valence-corrected chi connectivity index (χ3v) is 0.964. The molecule has 0 saturated carbocycles. The van der Waals surface area contributed by atoms with Gasteiger partial charge in [-0.25, -0.2) is 0 Å². The Kier molecular flexibility index (Phi) is 1.33. The van der Waals surface area contributed by atoms with Gasteiger partial charge in [-0.05, 0) is 5.11 Å². The normalized spacial score (nSPS) is 18.5. The van der Waals surface area contributed by atoms with Crippen LogP contribution in [0.2, 0.25) is 0 Å². The average Bonchev–Trinajstić information content (AvgIpc) is 2.34. The highest BCUT2D eigenvalue weighted by Crippen LogP contribution is 2.18. The van der Waals surface area contributed by atoms with Gasteiger partial charge in [-0.1, -0.05) is 4.99 Å². The fourth-order valence-corrected chi connectivity index (χ4v) is 0.466. The maximum Gasteiger partial charge on any atom is 0.692 e. The van der Waals surface area contributed by atoms with Crippen molar-refractivity contribution in [1.29, 1.82) is 0 Å². The maximum atomic E-state index is 10.1. The molecule has 0 unspecified atom stereocenters. The van der Waals surface area contributed by atoms with Crippen LogP contribution >= 0.6 is 0 Å². The first-order valence-electron chi connectivity index (χ1n) is 2.34. The Morgan fingerprint density at radius 2 is 1.82 bits per heavy atom. The fraction of sp³-hybridized carbons (Fsp3) is 0.500. The molecule has 0 radical (unpaired) electrons. The van der Waals surface area contributed by atoms with Crippen molar-refractivity contribution in [2.24, 2.45) is 15.2 Å². The SMILES string of the molecule is O=[N+]([O-])C1([N+](=O)[O-])N=CN=N1. The van der Waals surface area contributed by atoms with Gasteiger partial charge in [-0.15, -0.1) is 5.11 Å². The number of nitrogens with zero attached hydrogens (tertiary/aromatic N) is 5. The molecule has 58 valence electrons. The largest absolute Gasteiger partial charge is 0.692 e. The molecule has 0 spiro atoms. The van der Waals surface area contributed by atoms with Crippen molar-refractivity contribution in [3.63, 3.8) is 0 Å². The van der Waals surface area contributed by atoms with E-state index in [0.29, 0.717) is 6.34 Å². The molecule has 0 N–H and O–H groups in total. The third kappa shape index (κ3) is 0.818. The van der Waals surface area contributed by atoms with E-state index in [0.717, 1.165) is 0 Å². The molecule has 0 aromatic heterocycles. The highest BCUT2D eigenvalue weighted by molar-refractivity contribution is 5.56. The zero-order chi connectivity index (χ0) is 8.48. The zero-order valence-electron chi connectivity index (χ0n) is 4.95. The average molecular weight is 159 g/mol. The minimum Gasteiger partial charge on any atom is -0.255 e. The first-order chi connectivity index (χ1) is 5.09.